The van der Waals surface area contributed by atoms with Crippen molar-refractivity contribution in [3.05, 3.63) is 115 Å². The predicted molar refractivity (Wildman–Crippen MR) is 154 cm³/mol. The lowest BCUT2D eigenvalue weighted by atomic mass is 10.0. The molecule has 0 atom stereocenters. The summed E-state index contributed by atoms with van der Waals surface area (Å²) >= 11 is 0. The van der Waals surface area contributed by atoms with E-state index in [0.29, 0.717) is 0 Å². The van der Waals surface area contributed by atoms with Crippen LogP contribution in [0.1, 0.15) is 11.1 Å². The standard InChI is InChI=1S/C32H29N3Si/c1-22-14-16-33-31(18-22)35-29-11-6-5-10-27(29)28-13-12-25(21-30(28)35)24-8-7-9-26(20-24)36(3,4)32-19-23(2)15-17-34-32/h5-21H,1-4H3. The molecule has 0 N–H and O–H groups in total. The second-order valence-electron chi connectivity index (χ2n) is 10.2. The van der Waals surface area contributed by atoms with E-state index in [0.717, 1.165) is 5.82 Å². The van der Waals surface area contributed by atoms with E-state index in [1.54, 1.807) is 0 Å². The van der Waals surface area contributed by atoms with Crippen molar-refractivity contribution in [3.63, 3.8) is 0 Å². The lowest BCUT2D eigenvalue weighted by Gasteiger charge is -2.23. The van der Waals surface area contributed by atoms with Gasteiger partial charge in [-0.1, -0.05) is 72.9 Å². The Labute approximate surface area is 213 Å². The maximum absolute atomic E-state index is 4.76. The Hall–Kier alpha value is -4.02. The minimum atomic E-state index is -1.93. The van der Waals surface area contributed by atoms with Crippen molar-refractivity contribution in [1.29, 1.82) is 0 Å². The van der Waals surface area contributed by atoms with Crippen LogP contribution in [0.3, 0.4) is 0 Å². The first kappa shape index (κ1) is 22.4. The Balaban J connectivity index is 1.53. The van der Waals surface area contributed by atoms with Crippen LogP contribution in [0.25, 0.3) is 38.8 Å². The summed E-state index contributed by atoms with van der Waals surface area (Å²) in [7, 11) is -1.93. The summed E-state index contributed by atoms with van der Waals surface area (Å²) in [5.74, 6) is 0.950. The van der Waals surface area contributed by atoms with E-state index in [-0.39, 0.29) is 0 Å². The molecular weight excluding hydrogens is 454 g/mol. The van der Waals surface area contributed by atoms with E-state index in [2.05, 4.69) is 116 Å². The zero-order valence-electron chi connectivity index (χ0n) is 21.2. The molecule has 0 aliphatic rings. The lowest BCUT2D eigenvalue weighted by Crippen LogP contribution is -2.54. The molecule has 3 aromatic heterocycles. The Kier molecular flexibility index (Phi) is 5.35. The molecular formula is C32H29N3Si. The highest BCUT2D eigenvalue weighted by Crippen LogP contribution is 2.34. The summed E-state index contributed by atoms with van der Waals surface area (Å²) in [6.45, 7) is 9.03. The van der Waals surface area contributed by atoms with Gasteiger partial charge >= 0.3 is 0 Å². The van der Waals surface area contributed by atoms with Crippen molar-refractivity contribution in [3.8, 4) is 16.9 Å². The Bertz CT molecular complexity index is 1750. The van der Waals surface area contributed by atoms with Gasteiger partial charge < -0.3 is 0 Å². The number of aryl methyl sites for hydroxylation is 2. The van der Waals surface area contributed by atoms with Gasteiger partial charge in [0.1, 0.15) is 13.9 Å². The summed E-state index contributed by atoms with van der Waals surface area (Å²) in [4.78, 5) is 9.49. The van der Waals surface area contributed by atoms with Gasteiger partial charge in [-0.25, -0.2) is 4.98 Å². The van der Waals surface area contributed by atoms with E-state index in [1.807, 2.05) is 18.5 Å². The average Bonchev–Trinajstić information content (AvgIpc) is 3.22. The molecule has 0 saturated carbocycles. The fourth-order valence-corrected chi connectivity index (χ4v) is 7.46. The summed E-state index contributed by atoms with van der Waals surface area (Å²) in [6.07, 6.45) is 3.83. The van der Waals surface area contributed by atoms with Crippen LogP contribution in [0.5, 0.6) is 0 Å². The summed E-state index contributed by atoms with van der Waals surface area (Å²) in [5.41, 5.74) is 7.26. The number of fused-ring (bicyclic) bond motifs is 3. The van der Waals surface area contributed by atoms with Gasteiger partial charge in [-0.05, 0) is 72.5 Å². The van der Waals surface area contributed by atoms with E-state index in [1.165, 1.54) is 54.6 Å². The van der Waals surface area contributed by atoms with Gasteiger partial charge in [0.25, 0.3) is 0 Å². The summed E-state index contributed by atoms with van der Waals surface area (Å²) in [5, 5.41) is 5.10. The van der Waals surface area contributed by atoms with Crippen molar-refractivity contribution in [2.75, 3.05) is 0 Å². The van der Waals surface area contributed by atoms with Gasteiger partial charge in [0.2, 0.25) is 0 Å². The van der Waals surface area contributed by atoms with Crippen LogP contribution in [0.2, 0.25) is 13.1 Å². The molecule has 0 saturated heterocycles. The number of benzene rings is 3. The Morgan fingerprint density at radius 2 is 1.33 bits per heavy atom. The maximum Gasteiger partial charge on any atom is 0.137 e. The van der Waals surface area contributed by atoms with Crippen LogP contribution < -0.4 is 10.5 Å². The van der Waals surface area contributed by atoms with Crippen LogP contribution in [0, 0.1) is 13.8 Å². The fraction of sp³-hybridized carbons (Fsp3) is 0.125. The van der Waals surface area contributed by atoms with Crippen LogP contribution in [-0.4, -0.2) is 22.6 Å². The molecule has 176 valence electrons. The van der Waals surface area contributed by atoms with Crippen LogP contribution in [0.4, 0.5) is 0 Å². The van der Waals surface area contributed by atoms with Crippen LogP contribution in [-0.2, 0) is 0 Å². The molecule has 3 heterocycles. The molecule has 6 aromatic rings. The van der Waals surface area contributed by atoms with Crippen molar-refractivity contribution in [2.45, 2.75) is 26.9 Å². The van der Waals surface area contributed by atoms with Crippen molar-refractivity contribution >= 4 is 40.4 Å². The summed E-state index contributed by atoms with van der Waals surface area (Å²) < 4.78 is 2.29. The van der Waals surface area contributed by atoms with Gasteiger partial charge in [0, 0.05) is 28.5 Å². The average molecular weight is 484 g/mol. The minimum Gasteiger partial charge on any atom is -0.294 e. The number of pyridine rings is 2. The first-order valence-corrected chi connectivity index (χ1v) is 15.4. The number of hydrogen-bond donors (Lipinski definition) is 0. The zero-order valence-corrected chi connectivity index (χ0v) is 22.2. The smallest absolute Gasteiger partial charge is 0.137 e. The van der Waals surface area contributed by atoms with Crippen molar-refractivity contribution in [2.24, 2.45) is 0 Å². The first-order valence-electron chi connectivity index (χ1n) is 12.4. The second-order valence-corrected chi connectivity index (χ2v) is 14.5. The molecule has 36 heavy (non-hydrogen) atoms. The second kappa shape index (κ2) is 8.57. The third kappa shape index (κ3) is 3.75. The van der Waals surface area contributed by atoms with E-state index >= 15 is 0 Å². The van der Waals surface area contributed by atoms with Crippen LogP contribution >= 0.6 is 0 Å². The predicted octanol–water partition coefficient (Wildman–Crippen LogP) is 6.68. The van der Waals surface area contributed by atoms with Gasteiger partial charge in [-0.15, -0.1) is 0 Å². The third-order valence-corrected chi connectivity index (χ3v) is 10.6. The number of para-hydroxylation sites is 1. The highest BCUT2D eigenvalue weighted by molar-refractivity contribution is 7.00. The minimum absolute atomic E-state index is 0.950. The molecule has 0 aliphatic heterocycles. The highest BCUT2D eigenvalue weighted by atomic mass is 28.3. The molecule has 3 nitrogen and oxygen atoms in total. The maximum atomic E-state index is 4.76. The van der Waals surface area contributed by atoms with Crippen molar-refractivity contribution < 1.29 is 0 Å². The number of rotatable bonds is 4. The van der Waals surface area contributed by atoms with Gasteiger partial charge in [0.05, 0.1) is 11.0 Å². The molecule has 0 amide bonds. The molecule has 6 rings (SSSR count). The van der Waals surface area contributed by atoms with E-state index in [9.17, 15) is 0 Å². The molecule has 0 spiro atoms. The Morgan fingerprint density at radius 3 is 2.14 bits per heavy atom. The molecule has 0 fully saturated rings. The fourth-order valence-electron chi connectivity index (χ4n) is 5.15. The molecule has 4 heteroatoms. The monoisotopic (exact) mass is 483 g/mol. The van der Waals surface area contributed by atoms with Crippen LogP contribution in [0.15, 0.2) is 103 Å². The normalized spacial score (nSPS) is 11.9. The third-order valence-electron chi connectivity index (χ3n) is 7.28. The molecule has 0 unspecified atom stereocenters. The largest absolute Gasteiger partial charge is 0.294 e. The van der Waals surface area contributed by atoms with Gasteiger partial charge in [-0.3, -0.25) is 9.55 Å². The molecule has 0 radical (unpaired) electrons. The SMILES string of the molecule is Cc1ccnc(-n2c3ccccc3c3ccc(-c4cccc([Si](C)(C)c5cc(C)ccn5)c4)cc32)c1. The number of aromatic nitrogens is 3. The zero-order chi connectivity index (χ0) is 24.9. The molecule has 3 aromatic carbocycles. The molecule has 0 aliphatic carbocycles. The Morgan fingerprint density at radius 1 is 0.611 bits per heavy atom. The first-order chi connectivity index (χ1) is 17.4. The van der Waals surface area contributed by atoms with Crippen molar-refractivity contribution in [1.82, 2.24) is 14.5 Å². The number of hydrogen-bond acceptors (Lipinski definition) is 2. The van der Waals surface area contributed by atoms with Gasteiger partial charge in [0.15, 0.2) is 0 Å². The topological polar surface area (TPSA) is 30.7 Å². The quantitative estimate of drug-likeness (QED) is 0.262. The lowest BCUT2D eigenvalue weighted by molar-refractivity contribution is 1.07. The highest BCUT2D eigenvalue weighted by Gasteiger charge is 2.28. The molecule has 0 bridgehead atoms. The van der Waals surface area contributed by atoms with Gasteiger partial charge in [-0.2, -0.15) is 0 Å². The van der Waals surface area contributed by atoms with E-state index < -0.39 is 8.07 Å². The number of nitrogens with zero attached hydrogens (tertiary/aromatic N) is 3. The van der Waals surface area contributed by atoms with E-state index in [4.69, 9.17) is 9.97 Å². The summed E-state index contributed by atoms with van der Waals surface area (Å²) in [6, 6.07) is 33.0.